The van der Waals surface area contributed by atoms with Gasteiger partial charge in [0.2, 0.25) is 0 Å². The summed E-state index contributed by atoms with van der Waals surface area (Å²) in [6, 6.07) is 6.80. The molecule has 1 amide bonds. The van der Waals surface area contributed by atoms with Gasteiger partial charge in [-0.25, -0.2) is 0 Å². The Bertz CT molecular complexity index is 361. The van der Waals surface area contributed by atoms with Crippen molar-refractivity contribution in [3.8, 4) is 0 Å². The molecule has 0 fully saturated rings. The Kier molecular flexibility index (Phi) is 4.17. The summed E-state index contributed by atoms with van der Waals surface area (Å²) in [6.07, 6.45) is 0. The van der Waals surface area contributed by atoms with E-state index in [1.165, 1.54) is 0 Å². The van der Waals surface area contributed by atoms with Crippen molar-refractivity contribution in [1.82, 2.24) is 5.32 Å². The first-order valence-corrected chi connectivity index (χ1v) is 5.50. The van der Waals surface area contributed by atoms with Crippen LogP contribution >= 0.6 is 11.8 Å². The van der Waals surface area contributed by atoms with Crippen molar-refractivity contribution in [3.63, 3.8) is 0 Å². The second-order valence-corrected chi connectivity index (χ2v) is 4.08. The molecule has 0 aromatic heterocycles. The van der Waals surface area contributed by atoms with E-state index >= 15 is 0 Å². The molecule has 4 N–H and O–H groups in total. The highest BCUT2D eigenvalue weighted by molar-refractivity contribution is 8.13. The topological polar surface area (TPSA) is 79.0 Å². The Labute approximate surface area is 92.8 Å². The predicted octanol–water partition coefficient (Wildman–Crippen LogP) is 2.06. The number of hydrogen-bond acceptors (Lipinski definition) is 4. The number of benzene rings is 1. The molecule has 5 heteroatoms. The molecule has 15 heavy (non-hydrogen) atoms. The zero-order valence-corrected chi connectivity index (χ0v) is 9.23. The lowest BCUT2D eigenvalue weighted by Gasteiger charge is -2.05. The molecule has 0 aliphatic heterocycles. The van der Waals surface area contributed by atoms with E-state index in [0.717, 1.165) is 11.8 Å². The highest BCUT2D eigenvalue weighted by atomic mass is 32.2. The lowest BCUT2D eigenvalue weighted by Crippen LogP contribution is -2.27. The van der Waals surface area contributed by atoms with Gasteiger partial charge in [-0.1, -0.05) is 18.7 Å². The van der Waals surface area contributed by atoms with Gasteiger partial charge < -0.3 is 11.1 Å². The van der Waals surface area contributed by atoms with Gasteiger partial charge in [0.1, 0.15) is 5.84 Å². The molecule has 0 saturated heterocycles. The molecule has 0 atom stereocenters. The molecular formula is C10H13N3OS. The van der Waals surface area contributed by atoms with Crippen LogP contribution in [0.3, 0.4) is 0 Å². The molecule has 1 rings (SSSR count). The quantitative estimate of drug-likeness (QED) is 0.408. The van der Waals surface area contributed by atoms with Gasteiger partial charge in [0.05, 0.1) is 0 Å². The number of amidine groups is 1. The highest BCUT2D eigenvalue weighted by Gasteiger charge is 2.05. The van der Waals surface area contributed by atoms with Gasteiger partial charge in [0, 0.05) is 11.3 Å². The van der Waals surface area contributed by atoms with Gasteiger partial charge in [-0.2, -0.15) is 0 Å². The van der Waals surface area contributed by atoms with Crippen molar-refractivity contribution in [2.24, 2.45) is 0 Å². The molecule has 0 unspecified atom stereocenters. The summed E-state index contributed by atoms with van der Waals surface area (Å²) >= 11 is 1.14. The second kappa shape index (κ2) is 5.41. The Morgan fingerprint density at radius 1 is 1.47 bits per heavy atom. The monoisotopic (exact) mass is 223 g/mol. The van der Waals surface area contributed by atoms with E-state index in [1.807, 2.05) is 6.92 Å². The van der Waals surface area contributed by atoms with Crippen LogP contribution in [0.1, 0.15) is 12.5 Å². The number of rotatable bonds is 2. The number of hydrogen-bond donors (Lipinski definition) is 3. The third-order valence-corrected chi connectivity index (χ3v) is 2.35. The average molecular weight is 223 g/mol. The Hall–Kier alpha value is -1.49. The third kappa shape index (κ3) is 3.63. The van der Waals surface area contributed by atoms with Gasteiger partial charge in [0.25, 0.3) is 5.24 Å². The van der Waals surface area contributed by atoms with E-state index in [2.05, 4.69) is 5.32 Å². The van der Waals surface area contributed by atoms with Crippen LogP contribution in [0.5, 0.6) is 0 Å². The Morgan fingerprint density at radius 2 is 2.07 bits per heavy atom. The maximum Gasteiger partial charge on any atom is 0.284 e. The van der Waals surface area contributed by atoms with Crippen molar-refractivity contribution < 1.29 is 4.79 Å². The molecular weight excluding hydrogens is 210 g/mol. The Morgan fingerprint density at radius 3 is 2.60 bits per heavy atom. The van der Waals surface area contributed by atoms with Crippen LogP contribution in [0.25, 0.3) is 0 Å². The maximum atomic E-state index is 11.2. The van der Waals surface area contributed by atoms with Gasteiger partial charge in [-0.3, -0.25) is 10.2 Å². The van der Waals surface area contributed by atoms with Crippen LogP contribution < -0.4 is 11.1 Å². The van der Waals surface area contributed by atoms with Crippen LogP contribution in [0, 0.1) is 5.41 Å². The fraction of sp³-hybridized carbons (Fsp3) is 0.200. The number of nitrogens with two attached hydrogens (primary N) is 1. The standard InChI is InChI=1S/C10H13N3OS/c1-2-15-10(14)13-9(12)7-3-5-8(11)6-4-7/h3-6H,2,11H2,1H3,(H2,12,13,14). The first kappa shape index (κ1) is 11.6. The van der Waals surface area contributed by atoms with Crippen molar-refractivity contribution >= 4 is 28.5 Å². The first-order valence-electron chi connectivity index (χ1n) is 4.51. The molecule has 0 saturated carbocycles. The van der Waals surface area contributed by atoms with E-state index < -0.39 is 0 Å². The van der Waals surface area contributed by atoms with Crippen molar-refractivity contribution in [2.45, 2.75) is 6.92 Å². The van der Waals surface area contributed by atoms with E-state index in [-0.39, 0.29) is 11.1 Å². The van der Waals surface area contributed by atoms with E-state index in [9.17, 15) is 4.79 Å². The summed E-state index contributed by atoms with van der Waals surface area (Å²) in [5.74, 6) is 0.793. The van der Waals surface area contributed by atoms with E-state index in [1.54, 1.807) is 24.3 Å². The minimum atomic E-state index is -0.209. The molecule has 80 valence electrons. The van der Waals surface area contributed by atoms with Gasteiger partial charge >= 0.3 is 0 Å². The molecule has 0 spiro atoms. The number of carbonyl (C=O) groups is 1. The van der Waals surface area contributed by atoms with Gasteiger partial charge in [-0.15, -0.1) is 0 Å². The fourth-order valence-electron chi connectivity index (χ4n) is 0.991. The summed E-state index contributed by atoms with van der Waals surface area (Å²) in [7, 11) is 0. The van der Waals surface area contributed by atoms with E-state index in [0.29, 0.717) is 17.0 Å². The number of nitrogen functional groups attached to an aromatic ring is 1. The van der Waals surface area contributed by atoms with Crippen LogP contribution in [0.15, 0.2) is 24.3 Å². The number of anilines is 1. The van der Waals surface area contributed by atoms with Gasteiger partial charge in [0.15, 0.2) is 0 Å². The first-order chi connectivity index (χ1) is 7.13. The van der Waals surface area contributed by atoms with Crippen molar-refractivity contribution in [2.75, 3.05) is 11.5 Å². The van der Waals surface area contributed by atoms with Gasteiger partial charge in [-0.05, 0) is 30.0 Å². The zero-order valence-electron chi connectivity index (χ0n) is 8.41. The number of carbonyl (C=O) groups excluding carboxylic acids is 1. The summed E-state index contributed by atoms with van der Waals surface area (Å²) in [4.78, 5) is 11.2. The average Bonchev–Trinajstić information content (AvgIpc) is 2.18. The normalized spacial score (nSPS) is 9.67. The SMILES string of the molecule is CCSC(=O)NC(=N)c1ccc(N)cc1. The second-order valence-electron chi connectivity index (χ2n) is 2.84. The number of amides is 1. The molecule has 4 nitrogen and oxygen atoms in total. The van der Waals surface area contributed by atoms with Crippen LogP contribution in [-0.4, -0.2) is 16.8 Å². The summed E-state index contributed by atoms with van der Waals surface area (Å²) in [5.41, 5.74) is 6.80. The molecule has 0 aliphatic carbocycles. The Balaban J connectivity index is 2.61. The van der Waals surface area contributed by atoms with Crippen LogP contribution in [-0.2, 0) is 0 Å². The molecule has 0 aliphatic rings. The molecule has 0 radical (unpaired) electrons. The van der Waals surface area contributed by atoms with Crippen LogP contribution in [0.2, 0.25) is 0 Å². The predicted molar refractivity (Wildman–Crippen MR) is 64.3 cm³/mol. The molecule has 1 aromatic carbocycles. The van der Waals surface area contributed by atoms with Crippen molar-refractivity contribution in [1.29, 1.82) is 5.41 Å². The summed E-state index contributed by atoms with van der Waals surface area (Å²) in [5, 5.41) is 9.90. The molecule has 1 aromatic rings. The largest absolute Gasteiger partial charge is 0.399 e. The zero-order chi connectivity index (χ0) is 11.3. The highest BCUT2D eigenvalue weighted by Crippen LogP contribution is 2.06. The maximum absolute atomic E-state index is 11.2. The summed E-state index contributed by atoms with van der Waals surface area (Å²) in [6.45, 7) is 1.89. The molecule has 0 bridgehead atoms. The minimum Gasteiger partial charge on any atom is -0.399 e. The third-order valence-electron chi connectivity index (χ3n) is 1.70. The van der Waals surface area contributed by atoms with E-state index in [4.69, 9.17) is 11.1 Å². The lowest BCUT2D eigenvalue weighted by molar-refractivity contribution is 0.264. The number of nitrogens with one attached hydrogen (secondary N) is 2. The van der Waals surface area contributed by atoms with Crippen molar-refractivity contribution in [3.05, 3.63) is 29.8 Å². The smallest absolute Gasteiger partial charge is 0.284 e. The fourth-order valence-corrected chi connectivity index (χ4v) is 1.43. The van der Waals surface area contributed by atoms with Crippen LogP contribution in [0.4, 0.5) is 10.5 Å². The number of thioether (sulfide) groups is 1. The summed E-state index contributed by atoms with van der Waals surface area (Å²) < 4.78 is 0. The molecule has 0 heterocycles. The minimum absolute atomic E-state index is 0.0981. The lowest BCUT2D eigenvalue weighted by atomic mass is 10.2.